The number of aromatic nitrogens is 2. The number of carbonyl (C=O) groups is 3. The molecule has 8 heteroatoms. The molecule has 0 saturated carbocycles. The van der Waals surface area contributed by atoms with Crippen LogP contribution in [0, 0.1) is 5.92 Å². The second-order valence-electron chi connectivity index (χ2n) is 6.32. The van der Waals surface area contributed by atoms with Crippen LogP contribution in [0.2, 0.25) is 0 Å². The lowest BCUT2D eigenvalue weighted by atomic mass is 10.1. The number of nitrogens with zero attached hydrogens (tertiary/aromatic N) is 3. The van der Waals surface area contributed by atoms with Crippen molar-refractivity contribution in [3.05, 3.63) is 48.2 Å². The van der Waals surface area contributed by atoms with Crippen molar-refractivity contribution < 1.29 is 19.5 Å². The molecule has 2 atom stereocenters. The summed E-state index contributed by atoms with van der Waals surface area (Å²) in [5, 5.41) is 15.4. The van der Waals surface area contributed by atoms with Crippen molar-refractivity contribution in [1.82, 2.24) is 14.7 Å². The van der Waals surface area contributed by atoms with Gasteiger partial charge < -0.3 is 15.3 Å². The Morgan fingerprint density at radius 2 is 2.04 bits per heavy atom. The van der Waals surface area contributed by atoms with Gasteiger partial charge in [0.25, 0.3) is 0 Å². The van der Waals surface area contributed by atoms with Crippen molar-refractivity contribution in [2.45, 2.75) is 25.9 Å². The van der Waals surface area contributed by atoms with Crippen LogP contribution in [-0.2, 0) is 20.9 Å². The molecule has 1 fully saturated rings. The number of carboxylic acid groups (broad SMARTS) is 1. The molecular weight excluding hydrogens is 336 g/mol. The van der Waals surface area contributed by atoms with E-state index >= 15 is 0 Å². The van der Waals surface area contributed by atoms with Crippen LogP contribution in [0.1, 0.15) is 24.9 Å². The first-order valence-electron chi connectivity index (χ1n) is 8.34. The molecule has 3 rings (SSSR count). The van der Waals surface area contributed by atoms with Gasteiger partial charge in [-0.2, -0.15) is 5.10 Å². The van der Waals surface area contributed by atoms with Gasteiger partial charge in [-0.25, -0.2) is 0 Å². The summed E-state index contributed by atoms with van der Waals surface area (Å²) in [7, 11) is 0. The zero-order valence-corrected chi connectivity index (χ0v) is 14.3. The normalized spacial score (nSPS) is 18.0. The minimum atomic E-state index is -1.02. The van der Waals surface area contributed by atoms with Crippen LogP contribution in [0.4, 0.5) is 5.82 Å². The zero-order chi connectivity index (χ0) is 18.7. The molecule has 1 aromatic carbocycles. The Morgan fingerprint density at radius 3 is 2.73 bits per heavy atom. The maximum absolute atomic E-state index is 12.4. The van der Waals surface area contributed by atoms with Gasteiger partial charge >= 0.3 is 5.97 Å². The van der Waals surface area contributed by atoms with E-state index in [4.69, 9.17) is 5.11 Å². The molecule has 0 bridgehead atoms. The van der Waals surface area contributed by atoms with Crippen LogP contribution in [0.15, 0.2) is 42.6 Å². The van der Waals surface area contributed by atoms with Gasteiger partial charge in [-0.15, -0.1) is 0 Å². The van der Waals surface area contributed by atoms with Crippen molar-refractivity contribution >= 4 is 23.6 Å². The number of carbonyl (C=O) groups excluding carboxylic acids is 2. The molecule has 1 aliphatic rings. The average molecular weight is 356 g/mol. The molecule has 26 heavy (non-hydrogen) atoms. The predicted octanol–water partition coefficient (Wildman–Crippen LogP) is 1.52. The highest BCUT2D eigenvalue weighted by Gasteiger charge is 2.37. The Bertz CT molecular complexity index is 818. The fourth-order valence-corrected chi connectivity index (χ4v) is 3.08. The van der Waals surface area contributed by atoms with E-state index < -0.39 is 11.9 Å². The molecule has 1 aliphatic heterocycles. The lowest BCUT2D eigenvalue weighted by Crippen LogP contribution is -2.30. The van der Waals surface area contributed by atoms with Crippen LogP contribution in [0.25, 0.3) is 0 Å². The van der Waals surface area contributed by atoms with E-state index in [0.717, 1.165) is 5.56 Å². The van der Waals surface area contributed by atoms with Crippen LogP contribution < -0.4 is 5.32 Å². The average Bonchev–Trinajstić information content (AvgIpc) is 3.21. The first-order valence-corrected chi connectivity index (χ1v) is 8.34. The number of likely N-dealkylation sites (tertiary alicyclic amines) is 1. The summed E-state index contributed by atoms with van der Waals surface area (Å²) in [6, 6.07) is 11.1. The van der Waals surface area contributed by atoms with E-state index in [1.807, 2.05) is 37.3 Å². The van der Waals surface area contributed by atoms with Crippen LogP contribution >= 0.6 is 0 Å². The van der Waals surface area contributed by atoms with E-state index in [1.54, 1.807) is 4.90 Å². The Morgan fingerprint density at radius 1 is 1.31 bits per heavy atom. The van der Waals surface area contributed by atoms with Crippen LogP contribution in [-0.4, -0.2) is 44.1 Å². The highest BCUT2D eigenvalue weighted by Crippen LogP contribution is 2.28. The molecule has 2 amide bonds. The third-order valence-corrected chi connectivity index (χ3v) is 4.47. The number of nitrogens with one attached hydrogen (secondary N) is 1. The zero-order valence-electron chi connectivity index (χ0n) is 14.3. The summed E-state index contributed by atoms with van der Waals surface area (Å²) >= 11 is 0. The second-order valence-corrected chi connectivity index (χ2v) is 6.32. The highest BCUT2D eigenvalue weighted by atomic mass is 16.4. The molecular formula is C18H20N4O4. The van der Waals surface area contributed by atoms with Crippen LogP contribution in [0.3, 0.4) is 0 Å². The minimum absolute atomic E-state index is 0.0575. The summed E-state index contributed by atoms with van der Waals surface area (Å²) in [6.45, 7) is 2.01. The quantitative estimate of drug-likeness (QED) is 0.816. The van der Waals surface area contributed by atoms with E-state index in [2.05, 4.69) is 10.4 Å². The molecule has 0 spiro atoms. The number of benzene rings is 1. The summed E-state index contributed by atoms with van der Waals surface area (Å²) in [6.07, 6.45) is 1.63. The summed E-state index contributed by atoms with van der Waals surface area (Å²) in [4.78, 5) is 37.2. The molecule has 0 unspecified atom stereocenters. The van der Waals surface area contributed by atoms with Gasteiger partial charge in [0, 0.05) is 25.2 Å². The van der Waals surface area contributed by atoms with Crippen LogP contribution in [0.5, 0.6) is 0 Å². The summed E-state index contributed by atoms with van der Waals surface area (Å²) < 4.78 is 1.22. The second kappa shape index (κ2) is 7.38. The van der Waals surface area contributed by atoms with Gasteiger partial charge in [0.2, 0.25) is 11.8 Å². The molecule has 0 aliphatic carbocycles. The van der Waals surface area contributed by atoms with E-state index in [0.29, 0.717) is 6.54 Å². The van der Waals surface area contributed by atoms with Gasteiger partial charge in [-0.05, 0) is 12.5 Å². The van der Waals surface area contributed by atoms with E-state index in [-0.39, 0.29) is 36.6 Å². The summed E-state index contributed by atoms with van der Waals surface area (Å²) in [5.74, 6) is -1.55. The van der Waals surface area contributed by atoms with Crippen molar-refractivity contribution in [3.63, 3.8) is 0 Å². The maximum atomic E-state index is 12.4. The molecule has 2 N–H and O–H groups in total. The largest absolute Gasteiger partial charge is 0.480 e. The van der Waals surface area contributed by atoms with Gasteiger partial charge in [0.05, 0.1) is 12.0 Å². The van der Waals surface area contributed by atoms with E-state index in [9.17, 15) is 14.4 Å². The first kappa shape index (κ1) is 17.7. The number of hydrogen-bond acceptors (Lipinski definition) is 4. The Hall–Kier alpha value is -3.16. The highest BCUT2D eigenvalue weighted by molar-refractivity contribution is 5.96. The molecule has 136 valence electrons. The van der Waals surface area contributed by atoms with Gasteiger partial charge in [0.1, 0.15) is 6.54 Å². The minimum Gasteiger partial charge on any atom is -0.480 e. The Labute approximate surface area is 150 Å². The van der Waals surface area contributed by atoms with Crippen molar-refractivity contribution in [2.24, 2.45) is 5.92 Å². The smallest absolute Gasteiger partial charge is 0.325 e. The topological polar surface area (TPSA) is 105 Å². The SMILES string of the molecule is C[C@@H](c1ccccc1)N1C[C@@H](C(=O)Nc2ccn(CC(=O)O)n2)CC1=O. The number of aliphatic carboxylic acids is 1. The lowest BCUT2D eigenvalue weighted by Gasteiger charge is -2.25. The lowest BCUT2D eigenvalue weighted by molar-refractivity contribution is -0.138. The van der Waals surface area contributed by atoms with Gasteiger partial charge in [-0.3, -0.25) is 19.1 Å². The number of hydrogen-bond donors (Lipinski definition) is 2. The third-order valence-electron chi connectivity index (χ3n) is 4.47. The van der Waals surface area contributed by atoms with E-state index in [1.165, 1.54) is 16.9 Å². The molecule has 2 heterocycles. The third kappa shape index (κ3) is 3.90. The molecule has 1 aromatic heterocycles. The molecule has 8 nitrogen and oxygen atoms in total. The molecule has 2 aromatic rings. The number of carboxylic acids is 1. The summed E-state index contributed by atoms with van der Waals surface area (Å²) in [5.41, 5.74) is 1.02. The predicted molar refractivity (Wildman–Crippen MR) is 93.2 cm³/mol. The Kier molecular flexibility index (Phi) is 5.01. The van der Waals surface area contributed by atoms with Gasteiger partial charge in [0.15, 0.2) is 5.82 Å². The Balaban J connectivity index is 1.62. The standard InChI is InChI=1S/C18H20N4O4/c1-12(13-5-3-2-4-6-13)22-10-14(9-16(22)23)18(26)19-15-7-8-21(20-15)11-17(24)25/h2-8,12,14H,9-11H2,1H3,(H,24,25)(H,19,20,26)/t12-,14-/m0/s1. The van der Waals surface area contributed by atoms with Crippen molar-refractivity contribution in [2.75, 3.05) is 11.9 Å². The van der Waals surface area contributed by atoms with Gasteiger partial charge in [-0.1, -0.05) is 30.3 Å². The fourth-order valence-electron chi connectivity index (χ4n) is 3.08. The first-order chi connectivity index (χ1) is 12.4. The molecule has 1 saturated heterocycles. The number of amides is 2. The maximum Gasteiger partial charge on any atom is 0.325 e. The molecule has 0 radical (unpaired) electrons. The fraction of sp³-hybridized carbons (Fsp3) is 0.333. The van der Waals surface area contributed by atoms with Crippen molar-refractivity contribution in [3.8, 4) is 0 Å². The number of anilines is 1. The monoisotopic (exact) mass is 356 g/mol. The number of rotatable bonds is 6. The van der Waals surface area contributed by atoms with Crippen molar-refractivity contribution in [1.29, 1.82) is 0 Å².